The van der Waals surface area contributed by atoms with Crippen molar-refractivity contribution in [3.63, 3.8) is 0 Å². The number of thioether (sulfide) groups is 3. The Morgan fingerprint density at radius 1 is 0.486 bits per heavy atom. The summed E-state index contributed by atoms with van der Waals surface area (Å²) in [5.41, 5.74) is -5.43. The normalized spacial score (nSPS) is 26.0. The number of halogens is 13. The van der Waals surface area contributed by atoms with Crippen LogP contribution >= 0.6 is 73.8 Å². The largest absolute Gasteiger partial charge is 0.497 e. The Labute approximate surface area is 865 Å². The molecule has 0 unspecified atom stereocenters. The van der Waals surface area contributed by atoms with Gasteiger partial charge in [-0.2, -0.15) is 0 Å². The Hall–Kier alpha value is -10.3. The number of aliphatic imine (C=N–C) groups is 3. The maximum absolute atomic E-state index is 15.7. The van der Waals surface area contributed by atoms with E-state index in [1.807, 2.05) is 55.4 Å². The molecule has 144 heavy (non-hydrogen) atoms. The summed E-state index contributed by atoms with van der Waals surface area (Å²) in [4.78, 5) is 65.8. The van der Waals surface area contributed by atoms with Gasteiger partial charge in [-0.3, -0.25) is 39.3 Å². The lowest BCUT2D eigenvalue weighted by atomic mass is 9.63. The fourth-order valence-electron chi connectivity index (χ4n) is 16.5. The molecule has 44 heteroatoms. The number of nitrogens with one attached hydrogen (secondary N) is 3. The molecule has 2 radical (unpaired) electrons. The minimum Gasteiger partial charge on any atom is -0.497 e. The van der Waals surface area contributed by atoms with Gasteiger partial charge in [-0.1, -0.05) is 118 Å². The minimum absolute atomic E-state index is 0.00256. The van der Waals surface area contributed by atoms with Crippen molar-refractivity contribution in [2.45, 2.75) is 206 Å². The molecule has 9 atom stereocenters. The third-order valence-corrected chi connectivity index (χ3v) is 32.1. The van der Waals surface area contributed by atoms with Crippen LogP contribution in [0.25, 0.3) is 27.4 Å². The highest BCUT2D eigenvalue weighted by Gasteiger charge is 2.95. The number of benzene rings is 6. The number of nitrogens with zero attached hydrogens (tertiary/aromatic N) is 7. The molecule has 6 aromatic carbocycles. The highest BCUT2D eigenvalue weighted by Crippen LogP contribution is 2.77. The van der Waals surface area contributed by atoms with Crippen molar-refractivity contribution in [2.75, 3.05) is 42.7 Å². The van der Waals surface area contributed by atoms with E-state index >= 15 is 39.5 Å². The van der Waals surface area contributed by atoms with E-state index in [0.717, 1.165) is 50.2 Å². The van der Waals surface area contributed by atoms with E-state index < -0.39 is 144 Å². The molecule has 2 aromatic heterocycles. The van der Waals surface area contributed by atoms with Crippen molar-refractivity contribution in [2.24, 2.45) is 32.7 Å². The summed E-state index contributed by atoms with van der Waals surface area (Å²) in [7, 11) is 11.8. The Morgan fingerprint density at radius 2 is 0.799 bits per heavy atom. The molecule has 5 aliphatic heterocycles. The third-order valence-electron chi connectivity index (χ3n) is 26.8. The molecular formula is C100H106B3BrF11IN10O15S3. The number of fused-ring (bicyclic) bond motifs is 3. The van der Waals surface area contributed by atoms with Crippen molar-refractivity contribution < 1.29 is 120 Å². The number of rotatable bonds is 20. The molecule has 7 heterocycles. The van der Waals surface area contributed by atoms with Crippen LogP contribution in [0.2, 0.25) is 0 Å². The monoisotopic (exact) mass is 2230 g/mol. The molecule has 8 aromatic rings. The van der Waals surface area contributed by atoms with E-state index in [0.29, 0.717) is 68.2 Å². The number of aromatic nitrogens is 2. The van der Waals surface area contributed by atoms with Crippen LogP contribution in [0.1, 0.15) is 154 Å². The van der Waals surface area contributed by atoms with Gasteiger partial charge in [-0.25, -0.2) is 58.0 Å². The van der Waals surface area contributed by atoms with Crippen molar-refractivity contribution in [1.82, 2.24) is 25.9 Å². The first-order valence-corrected chi connectivity index (χ1v) is 48.9. The molecule has 16 rings (SSSR count). The second-order valence-electron chi connectivity index (χ2n) is 38.0. The average molecular weight is 2230 g/mol. The maximum Gasteiger partial charge on any atom is 0.494 e. The summed E-state index contributed by atoms with van der Waals surface area (Å²) in [6.07, 6.45) is 3.65. The predicted octanol–water partition coefficient (Wildman–Crippen LogP) is 20.4. The summed E-state index contributed by atoms with van der Waals surface area (Å²) < 4.78 is 215. The highest BCUT2D eigenvalue weighted by atomic mass is 127. The number of carbonyl (C=O) groups is 3. The SMILES string of the molecule is CC(C)(O)C(C)(C)O.COC(=O)[C@@]12SC(=NCc3ccc(OC)cc3)N[C@](C)(c3cc(B4OC(C)(C)C(C)(C)O4)ccc3F)[C@@H]1C2(F)F.COC(=O)[C@@]12SC(=NCc3ccc(OC)cc3)N[C@](C)(c3cc(Br)ccc3F)[C@@H]1C2(F)F.[B]B1OC(C)(C)C(C)(C)O1.[C-]#[N+]c1ccc(/C(F)=C/I)nc1.[C-]#[N+]c1ccc(/C(F)=C/c2ccc(F)c([C@@]3(C)NC(=NCc4ccc(OC)cc4)S[C@]4(C(=O)OC)[C@H]3C4(F)F)c2)nc1. The lowest BCUT2D eigenvalue weighted by Gasteiger charge is -2.38. The van der Waals surface area contributed by atoms with Gasteiger partial charge in [0.2, 0.25) is 11.4 Å². The second kappa shape index (κ2) is 43.3. The van der Waals surface area contributed by atoms with Crippen LogP contribution in [-0.4, -0.2) is 184 Å². The maximum atomic E-state index is 15.7. The van der Waals surface area contributed by atoms with E-state index in [9.17, 15) is 23.2 Å². The number of hydrogen-bond acceptors (Lipinski definition) is 23. The van der Waals surface area contributed by atoms with Gasteiger partial charge in [-0.15, -0.1) is 0 Å². The van der Waals surface area contributed by atoms with Gasteiger partial charge in [0.1, 0.15) is 48.3 Å². The number of hydrogen-bond donors (Lipinski definition) is 5. The lowest BCUT2D eigenvalue weighted by molar-refractivity contribution is -0.144. The number of ether oxygens (including phenoxy) is 6. The number of esters is 3. The molecule has 764 valence electrons. The first-order valence-electron chi connectivity index (χ1n) is 44.4. The summed E-state index contributed by atoms with van der Waals surface area (Å²) >= 11 is 6.89. The van der Waals surface area contributed by atoms with Crippen molar-refractivity contribution in [1.29, 1.82) is 0 Å². The van der Waals surface area contributed by atoms with Gasteiger partial charge in [0.15, 0.2) is 35.6 Å². The molecule has 0 bridgehead atoms. The van der Waals surface area contributed by atoms with E-state index in [2.05, 4.69) is 66.5 Å². The molecule has 8 aliphatic rings. The van der Waals surface area contributed by atoms with Gasteiger partial charge >= 0.3 is 32.0 Å². The van der Waals surface area contributed by atoms with Crippen LogP contribution in [0, 0.1) is 48.3 Å². The molecule has 0 spiro atoms. The first-order chi connectivity index (χ1) is 67.1. The van der Waals surface area contributed by atoms with Crippen molar-refractivity contribution in [3.8, 4) is 17.2 Å². The molecular weight excluding hydrogens is 2130 g/mol. The number of methoxy groups -OCH3 is 6. The molecule has 5 saturated heterocycles. The van der Waals surface area contributed by atoms with Crippen LogP contribution in [0.5, 0.6) is 17.2 Å². The smallest absolute Gasteiger partial charge is 0.494 e. The van der Waals surface area contributed by atoms with E-state index in [1.54, 1.807) is 137 Å². The Balaban J connectivity index is 0.000000180. The molecule has 25 nitrogen and oxygen atoms in total. The fourth-order valence-corrected chi connectivity index (χ4v) is 21.9. The summed E-state index contributed by atoms with van der Waals surface area (Å²) in [6.45, 7) is 40.1. The quantitative estimate of drug-likeness (QED) is 0.0118. The Kier molecular flexibility index (Phi) is 34.3. The Bertz CT molecular complexity index is 6310. The third kappa shape index (κ3) is 22.6. The summed E-state index contributed by atoms with van der Waals surface area (Å²) in [6, 6.07) is 38.9. The van der Waals surface area contributed by atoms with Crippen molar-refractivity contribution >= 4 is 164 Å². The number of amidine groups is 3. The standard InChI is InChI=1S/C30H24F4N4O3S.C28H32BF3N2O5S.C22H20BrF3N2O3S.C8H4FIN2.C6H12B2O2.C6H14O2/c1-28(21-13-18(7-11-22(21)31)14-23(32)24-12-8-19(35-2)16-36-24)25-29(26(39)41-4,30(25,33)34)42-27(38-28)37-15-17-5-9-20(40-3)10-6-17;1-24(2)25(3,4)39-29(38-24)17-10-13-20(30)19(14-17)26(5)21-27(22(35)37-7,28(21,31)32)40-23(34-26)33-15-16-8-11-18(36-6)12-9-16;1-20(15-10-13(23)6-9-16(15)24)17-21(18(29)31-3,22(17,25)26)32-19(28-20)27-11-12-4-7-14(30-2)8-5-12;1-11-6-2-3-8(12-5-6)7(9)4-10;1-5(2)6(3,4)10-8(7)9-5;1-5(2,7)6(3,4)8/h5-14,16,25H,15H2,1,3-4H3,(H,37,38);8-14,21H,15H2,1-7H3,(H,33,34);4-10,17H,11H2,1-3H3,(H,27,28);2-5H;1-4H3;7-8H,1-4H3/b23-14-;;;7-4-;;/t25-,28+,29-;21-,26+,27-;17-,20+,21-;;;/m000.../s1. The first kappa shape index (κ1) is 114. The predicted molar refractivity (Wildman–Crippen MR) is 546 cm³/mol. The van der Waals surface area contributed by atoms with Crippen LogP contribution < -0.4 is 35.6 Å². The number of carbonyl (C=O) groups excluding carboxylic acids is 3. The zero-order valence-electron chi connectivity index (χ0n) is 82.3. The van der Waals surface area contributed by atoms with Gasteiger partial charge in [0, 0.05) is 37.6 Å². The molecule has 5 N–H and O–H groups in total. The fraction of sp³-hybridized carbons (Fsp3) is 0.420. The van der Waals surface area contributed by atoms with Crippen LogP contribution in [0.15, 0.2) is 188 Å². The lowest BCUT2D eigenvalue weighted by Crippen LogP contribution is -2.53. The van der Waals surface area contributed by atoms with E-state index in [4.69, 9.17) is 78.1 Å². The number of pyridine rings is 2. The second-order valence-corrected chi connectivity index (χ2v) is 43.2. The van der Waals surface area contributed by atoms with Crippen LogP contribution in [0.4, 0.5) is 59.7 Å². The van der Waals surface area contributed by atoms with Gasteiger partial charge in [0.25, 0.3) is 17.8 Å². The summed E-state index contributed by atoms with van der Waals surface area (Å²) in [5.74, 6) is -20.0. The van der Waals surface area contributed by atoms with Gasteiger partial charge in [-0.05, 0) is 245 Å². The highest BCUT2D eigenvalue weighted by molar-refractivity contribution is 14.1. The van der Waals surface area contributed by atoms with E-state index in [1.165, 1.54) is 117 Å². The number of alkyl halides is 6. The molecule has 3 aliphatic carbocycles. The Morgan fingerprint density at radius 3 is 1.09 bits per heavy atom. The molecule has 8 fully saturated rings. The zero-order chi connectivity index (χ0) is 107. The molecule has 3 saturated carbocycles. The number of aliphatic hydroxyl groups is 2. The van der Waals surface area contributed by atoms with E-state index in [-0.39, 0.29) is 91.5 Å². The average Bonchev–Trinajstić information content (AvgIpc) is 1.48. The summed E-state index contributed by atoms with van der Waals surface area (Å²) in [5, 5.41) is 27.4. The minimum atomic E-state index is -3.58. The molecule has 0 amide bonds. The van der Waals surface area contributed by atoms with Gasteiger partial charge < -0.3 is 73.2 Å². The van der Waals surface area contributed by atoms with Crippen LogP contribution in [-0.2, 0) is 83.5 Å². The topological polar surface area (TPSA) is 292 Å². The zero-order valence-corrected chi connectivity index (χ0v) is 88.5. The van der Waals surface area contributed by atoms with Crippen molar-refractivity contribution in [3.05, 3.63) is 263 Å². The van der Waals surface area contributed by atoms with Crippen LogP contribution in [0.3, 0.4) is 0 Å². The van der Waals surface area contributed by atoms with Gasteiger partial charge in [0.05, 0.1) is 155 Å².